The lowest BCUT2D eigenvalue weighted by molar-refractivity contribution is 0.405. The van der Waals surface area contributed by atoms with Gasteiger partial charge in [-0.25, -0.2) is 0 Å². The van der Waals surface area contributed by atoms with Crippen molar-refractivity contribution in [3.05, 3.63) is 54.7 Å². The highest BCUT2D eigenvalue weighted by molar-refractivity contribution is 5.94. The van der Waals surface area contributed by atoms with Crippen LogP contribution in [0.2, 0.25) is 0 Å². The second-order valence-electron chi connectivity index (χ2n) is 5.88. The lowest BCUT2D eigenvalue weighted by Gasteiger charge is -2.12. The summed E-state index contributed by atoms with van der Waals surface area (Å²) in [5.74, 6) is 1.76. The Balaban J connectivity index is 1.57. The first-order valence-electron chi connectivity index (χ1n) is 8.54. The first kappa shape index (κ1) is 17.7. The highest BCUT2D eigenvalue weighted by atomic mass is 16.5. The molecular weight excluding hydrogens is 328 g/mol. The number of anilines is 1. The van der Waals surface area contributed by atoms with E-state index in [1.54, 1.807) is 14.2 Å². The number of aliphatic imine (C=N–C) groups is 1. The minimum Gasteiger partial charge on any atom is -0.497 e. The van der Waals surface area contributed by atoms with Crippen molar-refractivity contribution in [3.63, 3.8) is 0 Å². The van der Waals surface area contributed by atoms with Crippen LogP contribution in [-0.2, 0) is 6.54 Å². The predicted molar refractivity (Wildman–Crippen MR) is 106 cm³/mol. The van der Waals surface area contributed by atoms with Crippen molar-refractivity contribution in [1.82, 2.24) is 4.57 Å². The van der Waals surface area contributed by atoms with Gasteiger partial charge in [-0.15, -0.1) is 0 Å². The number of hydrogen-bond acceptors (Lipinski definition) is 3. The van der Waals surface area contributed by atoms with Crippen molar-refractivity contribution in [2.24, 2.45) is 10.7 Å². The van der Waals surface area contributed by atoms with Crippen LogP contribution in [0.3, 0.4) is 0 Å². The molecule has 1 heterocycles. The van der Waals surface area contributed by atoms with Gasteiger partial charge >= 0.3 is 0 Å². The van der Waals surface area contributed by atoms with E-state index in [9.17, 15) is 0 Å². The summed E-state index contributed by atoms with van der Waals surface area (Å²) in [7, 11) is 3.23. The molecule has 0 aliphatic heterocycles. The summed E-state index contributed by atoms with van der Waals surface area (Å²) >= 11 is 0. The number of nitrogens with two attached hydrogens (primary N) is 1. The summed E-state index contributed by atoms with van der Waals surface area (Å²) < 4.78 is 12.8. The number of nitrogens with zero attached hydrogens (tertiary/aromatic N) is 2. The van der Waals surface area contributed by atoms with E-state index in [4.69, 9.17) is 15.2 Å². The number of benzene rings is 2. The van der Waals surface area contributed by atoms with E-state index < -0.39 is 0 Å². The Morgan fingerprint density at radius 1 is 1.12 bits per heavy atom. The highest BCUT2D eigenvalue weighted by Gasteiger charge is 2.06. The maximum atomic E-state index is 6.01. The maximum absolute atomic E-state index is 6.01. The van der Waals surface area contributed by atoms with Gasteiger partial charge < -0.3 is 25.1 Å². The van der Waals surface area contributed by atoms with Gasteiger partial charge in [-0.2, -0.15) is 0 Å². The summed E-state index contributed by atoms with van der Waals surface area (Å²) in [6.07, 6.45) is 3.01. The average molecular weight is 352 g/mol. The summed E-state index contributed by atoms with van der Waals surface area (Å²) in [6.45, 7) is 1.53. The Hall–Kier alpha value is -3.15. The number of nitrogens with one attached hydrogen (secondary N) is 1. The SMILES string of the molecule is COc1ccc(OC)c(NC(N)=NCCCn2ccc3ccccc32)c1. The Morgan fingerprint density at radius 3 is 2.77 bits per heavy atom. The molecule has 6 heteroatoms. The van der Waals surface area contributed by atoms with E-state index in [2.05, 4.69) is 51.4 Å². The number of aryl methyl sites for hydroxylation is 1. The molecule has 26 heavy (non-hydrogen) atoms. The van der Waals surface area contributed by atoms with Crippen molar-refractivity contribution >= 4 is 22.5 Å². The van der Waals surface area contributed by atoms with Crippen molar-refractivity contribution in [2.75, 3.05) is 26.1 Å². The average Bonchev–Trinajstić information content (AvgIpc) is 3.08. The van der Waals surface area contributed by atoms with Crippen molar-refractivity contribution in [1.29, 1.82) is 0 Å². The normalized spacial score (nSPS) is 11.5. The fourth-order valence-electron chi connectivity index (χ4n) is 2.87. The van der Waals surface area contributed by atoms with Crippen LogP contribution in [0.1, 0.15) is 6.42 Å². The lowest BCUT2D eigenvalue weighted by Crippen LogP contribution is -2.23. The van der Waals surface area contributed by atoms with Gasteiger partial charge in [0.25, 0.3) is 0 Å². The Bertz CT molecular complexity index is 902. The Labute approximate surface area is 153 Å². The van der Waals surface area contributed by atoms with E-state index in [0.717, 1.165) is 24.4 Å². The molecule has 0 spiro atoms. The molecule has 0 amide bonds. The molecule has 1 aromatic heterocycles. The van der Waals surface area contributed by atoms with E-state index >= 15 is 0 Å². The third kappa shape index (κ3) is 4.08. The number of rotatable bonds is 7. The Morgan fingerprint density at radius 2 is 1.96 bits per heavy atom. The van der Waals surface area contributed by atoms with Crippen LogP contribution in [0.15, 0.2) is 59.7 Å². The zero-order chi connectivity index (χ0) is 18.4. The molecule has 0 saturated carbocycles. The summed E-state index contributed by atoms with van der Waals surface area (Å²) in [5, 5.41) is 4.33. The fourth-order valence-corrected chi connectivity index (χ4v) is 2.87. The minimum atomic E-state index is 0.355. The molecule has 3 aromatic rings. The van der Waals surface area contributed by atoms with E-state index in [0.29, 0.717) is 18.3 Å². The zero-order valence-corrected chi connectivity index (χ0v) is 15.1. The van der Waals surface area contributed by atoms with Gasteiger partial charge in [0, 0.05) is 30.9 Å². The summed E-state index contributed by atoms with van der Waals surface area (Å²) in [4.78, 5) is 4.40. The van der Waals surface area contributed by atoms with E-state index in [-0.39, 0.29) is 0 Å². The first-order valence-corrected chi connectivity index (χ1v) is 8.54. The molecule has 6 nitrogen and oxygen atoms in total. The van der Waals surface area contributed by atoms with Crippen LogP contribution in [0, 0.1) is 0 Å². The molecule has 0 fully saturated rings. The van der Waals surface area contributed by atoms with Crippen LogP contribution in [-0.4, -0.2) is 31.3 Å². The highest BCUT2D eigenvalue weighted by Crippen LogP contribution is 2.28. The Kier molecular flexibility index (Phi) is 5.63. The largest absolute Gasteiger partial charge is 0.497 e. The zero-order valence-electron chi connectivity index (χ0n) is 15.1. The molecule has 0 bridgehead atoms. The second kappa shape index (κ2) is 8.29. The molecule has 0 aliphatic rings. The van der Waals surface area contributed by atoms with Crippen LogP contribution in [0.5, 0.6) is 11.5 Å². The number of guanidine groups is 1. The lowest BCUT2D eigenvalue weighted by atomic mass is 10.2. The molecule has 0 radical (unpaired) electrons. The van der Waals surface area contributed by atoms with Crippen molar-refractivity contribution < 1.29 is 9.47 Å². The van der Waals surface area contributed by atoms with E-state index in [1.165, 1.54) is 10.9 Å². The van der Waals surface area contributed by atoms with Crippen LogP contribution >= 0.6 is 0 Å². The third-order valence-electron chi connectivity index (χ3n) is 4.19. The number of para-hydroxylation sites is 1. The molecule has 3 rings (SSSR count). The summed E-state index contributed by atoms with van der Waals surface area (Å²) in [6, 6.07) is 16.0. The third-order valence-corrected chi connectivity index (χ3v) is 4.19. The van der Waals surface area contributed by atoms with Gasteiger partial charge in [-0.1, -0.05) is 18.2 Å². The molecule has 136 valence electrons. The molecule has 3 N–H and O–H groups in total. The summed E-state index contributed by atoms with van der Waals surface area (Å²) in [5.41, 5.74) is 7.97. The van der Waals surface area contributed by atoms with Gasteiger partial charge in [0.05, 0.1) is 19.9 Å². The fraction of sp³-hybridized carbons (Fsp3) is 0.250. The molecular formula is C20H24N4O2. The molecule has 2 aromatic carbocycles. The number of aromatic nitrogens is 1. The van der Waals surface area contributed by atoms with Crippen molar-refractivity contribution in [3.8, 4) is 11.5 Å². The molecule has 0 unspecified atom stereocenters. The standard InChI is InChI=1S/C20H24N4O2/c1-25-16-8-9-19(26-2)17(14-16)23-20(21)22-11-5-12-24-13-10-15-6-3-4-7-18(15)24/h3-4,6-10,13-14H,5,11-12H2,1-2H3,(H3,21,22,23). The van der Waals surface area contributed by atoms with Gasteiger partial charge in [-0.3, -0.25) is 4.99 Å². The maximum Gasteiger partial charge on any atom is 0.193 e. The number of methoxy groups -OCH3 is 2. The molecule has 0 aliphatic carbocycles. The quantitative estimate of drug-likeness (QED) is 0.388. The van der Waals surface area contributed by atoms with Gasteiger partial charge in [0.2, 0.25) is 0 Å². The predicted octanol–water partition coefficient (Wildman–Crippen LogP) is 3.48. The topological polar surface area (TPSA) is 73.8 Å². The monoisotopic (exact) mass is 352 g/mol. The minimum absolute atomic E-state index is 0.355. The smallest absolute Gasteiger partial charge is 0.193 e. The number of fused-ring (bicyclic) bond motifs is 1. The molecule has 0 saturated heterocycles. The van der Waals surface area contributed by atoms with Crippen molar-refractivity contribution in [2.45, 2.75) is 13.0 Å². The van der Waals surface area contributed by atoms with Gasteiger partial charge in [0.15, 0.2) is 5.96 Å². The van der Waals surface area contributed by atoms with Crippen LogP contribution in [0.4, 0.5) is 5.69 Å². The van der Waals surface area contributed by atoms with Gasteiger partial charge in [-0.05, 0) is 36.1 Å². The number of ether oxygens (including phenoxy) is 2. The van der Waals surface area contributed by atoms with E-state index in [1.807, 2.05) is 18.2 Å². The van der Waals surface area contributed by atoms with Crippen LogP contribution < -0.4 is 20.5 Å². The second-order valence-corrected chi connectivity index (χ2v) is 5.88. The molecule has 0 atom stereocenters. The van der Waals surface area contributed by atoms with Crippen LogP contribution in [0.25, 0.3) is 10.9 Å². The number of hydrogen-bond donors (Lipinski definition) is 2. The van der Waals surface area contributed by atoms with Gasteiger partial charge in [0.1, 0.15) is 11.5 Å². The first-order chi connectivity index (χ1) is 12.7.